The van der Waals surface area contributed by atoms with Crippen LogP contribution < -0.4 is 0 Å². The minimum Gasteiger partial charge on any atom is -0.366 e. The Kier molecular flexibility index (Phi) is 24.2. The molecule has 76 valence electrons. The van der Waals surface area contributed by atoms with Crippen molar-refractivity contribution in [2.75, 3.05) is 13.2 Å². The van der Waals surface area contributed by atoms with Crippen LogP contribution in [0.5, 0.6) is 0 Å². The first kappa shape index (κ1) is 22.5. The Hall–Kier alpha value is -0.700. The molecule has 3 heteroatoms. The van der Waals surface area contributed by atoms with E-state index >= 15 is 0 Å². The molecule has 0 rings (SSSR count). The fourth-order valence-corrected chi connectivity index (χ4v) is 0.338. The number of Topliss-reactive ketones (excluding diaryl/α,β-unsaturated/α-hetero) is 2. The third kappa shape index (κ3) is 22.8. The van der Waals surface area contributed by atoms with Crippen molar-refractivity contribution in [1.29, 1.82) is 0 Å². The SMILES string of the molecule is C.C.C.CC(=O)COCC(C)=O. The van der Waals surface area contributed by atoms with E-state index in [9.17, 15) is 9.59 Å². The fraction of sp³-hybridized carbons (Fsp3) is 0.778. The first-order valence-electron chi connectivity index (χ1n) is 2.69. The molecule has 0 amide bonds. The molecular weight excluding hydrogens is 156 g/mol. The summed E-state index contributed by atoms with van der Waals surface area (Å²) in [5.41, 5.74) is 0. The van der Waals surface area contributed by atoms with Crippen LogP contribution in [0.1, 0.15) is 36.1 Å². The number of ether oxygens (including phenoxy) is 1. The van der Waals surface area contributed by atoms with Crippen LogP contribution >= 0.6 is 0 Å². The smallest absolute Gasteiger partial charge is 0.155 e. The van der Waals surface area contributed by atoms with Crippen LogP contribution in [-0.4, -0.2) is 24.8 Å². The van der Waals surface area contributed by atoms with Gasteiger partial charge in [0.05, 0.1) is 0 Å². The predicted octanol–water partition coefficient (Wildman–Crippen LogP) is 2.09. The summed E-state index contributed by atoms with van der Waals surface area (Å²) in [4.78, 5) is 20.4. The van der Waals surface area contributed by atoms with Gasteiger partial charge in [0.15, 0.2) is 11.6 Å². The van der Waals surface area contributed by atoms with Crippen molar-refractivity contribution >= 4 is 11.6 Å². The average molecular weight is 178 g/mol. The number of carbonyl (C=O) groups is 2. The van der Waals surface area contributed by atoms with Gasteiger partial charge in [-0.2, -0.15) is 0 Å². The minimum atomic E-state index is -0.0590. The molecule has 0 aromatic rings. The van der Waals surface area contributed by atoms with Crippen LogP contribution in [0.3, 0.4) is 0 Å². The van der Waals surface area contributed by atoms with Gasteiger partial charge in [-0.05, 0) is 13.8 Å². The molecule has 0 aromatic heterocycles. The number of rotatable bonds is 4. The summed E-state index contributed by atoms with van der Waals surface area (Å²) in [5.74, 6) is -0.118. The third-order valence-electron chi connectivity index (χ3n) is 0.611. The van der Waals surface area contributed by atoms with Gasteiger partial charge < -0.3 is 4.74 Å². The fourth-order valence-electron chi connectivity index (χ4n) is 0.338. The summed E-state index contributed by atoms with van der Waals surface area (Å²) in [7, 11) is 0. The monoisotopic (exact) mass is 178 g/mol. The number of ketones is 2. The summed E-state index contributed by atoms with van der Waals surface area (Å²) in [6.07, 6.45) is 0. The maximum atomic E-state index is 10.2. The zero-order chi connectivity index (χ0) is 7.28. The summed E-state index contributed by atoms with van der Waals surface area (Å²) < 4.78 is 4.66. The highest BCUT2D eigenvalue weighted by Gasteiger charge is 1.94. The Labute approximate surface area is 76.1 Å². The maximum Gasteiger partial charge on any atom is 0.155 e. The normalized spacial score (nSPS) is 6.83. The Morgan fingerprint density at radius 2 is 1.17 bits per heavy atom. The Morgan fingerprint density at radius 1 is 0.917 bits per heavy atom. The summed E-state index contributed by atoms with van der Waals surface area (Å²) >= 11 is 0. The van der Waals surface area contributed by atoms with Gasteiger partial charge in [-0.25, -0.2) is 0 Å². The van der Waals surface area contributed by atoms with Crippen LogP contribution in [0.2, 0.25) is 0 Å². The molecule has 0 aliphatic heterocycles. The van der Waals surface area contributed by atoms with Crippen molar-refractivity contribution in [3.63, 3.8) is 0 Å². The van der Waals surface area contributed by atoms with E-state index in [1.165, 1.54) is 13.8 Å². The van der Waals surface area contributed by atoms with E-state index in [2.05, 4.69) is 4.74 Å². The molecule has 0 heterocycles. The third-order valence-corrected chi connectivity index (χ3v) is 0.611. The second kappa shape index (κ2) is 12.9. The van der Waals surface area contributed by atoms with Crippen molar-refractivity contribution < 1.29 is 14.3 Å². The van der Waals surface area contributed by atoms with Gasteiger partial charge in [0.1, 0.15) is 13.2 Å². The lowest BCUT2D eigenvalue weighted by molar-refractivity contribution is -0.126. The molecule has 0 spiro atoms. The average Bonchev–Trinajstić information content (AvgIpc) is 1.63. The van der Waals surface area contributed by atoms with E-state index in [1.807, 2.05) is 0 Å². The molecule has 0 fully saturated rings. The summed E-state index contributed by atoms with van der Waals surface area (Å²) in [5, 5.41) is 0. The lowest BCUT2D eigenvalue weighted by Crippen LogP contribution is -2.09. The zero-order valence-electron chi connectivity index (χ0n) is 5.64. The topological polar surface area (TPSA) is 43.4 Å². The molecule has 0 saturated carbocycles. The van der Waals surface area contributed by atoms with Crippen molar-refractivity contribution in [3.8, 4) is 0 Å². The molecule has 0 aromatic carbocycles. The number of hydrogen-bond donors (Lipinski definition) is 0. The first-order chi connectivity index (χ1) is 4.13. The molecule has 0 atom stereocenters. The quantitative estimate of drug-likeness (QED) is 0.662. The molecular formula is C9H22O3. The van der Waals surface area contributed by atoms with E-state index in [-0.39, 0.29) is 47.1 Å². The molecule has 0 aliphatic carbocycles. The van der Waals surface area contributed by atoms with Crippen molar-refractivity contribution in [2.24, 2.45) is 0 Å². The molecule has 0 N–H and O–H groups in total. The molecule has 0 saturated heterocycles. The maximum absolute atomic E-state index is 10.2. The zero-order valence-corrected chi connectivity index (χ0v) is 5.64. The second-order valence-electron chi connectivity index (χ2n) is 1.90. The van der Waals surface area contributed by atoms with Crippen LogP contribution in [0.25, 0.3) is 0 Å². The predicted molar refractivity (Wildman–Crippen MR) is 52.4 cm³/mol. The highest BCUT2D eigenvalue weighted by molar-refractivity contribution is 5.79. The van der Waals surface area contributed by atoms with Crippen LogP contribution in [0.15, 0.2) is 0 Å². The van der Waals surface area contributed by atoms with Gasteiger partial charge in [0.2, 0.25) is 0 Å². The largest absolute Gasteiger partial charge is 0.366 e. The van der Waals surface area contributed by atoms with E-state index in [0.717, 1.165) is 0 Å². The lowest BCUT2D eigenvalue weighted by atomic mass is 10.4. The van der Waals surface area contributed by atoms with Gasteiger partial charge in [0.25, 0.3) is 0 Å². The first-order valence-corrected chi connectivity index (χ1v) is 2.69. The standard InChI is InChI=1S/C6H10O3.3CH4/c1-5(7)3-9-4-6(2)8;;;/h3-4H2,1-2H3;3*1H4. The highest BCUT2D eigenvalue weighted by Crippen LogP contribution is 1.76. The molecule has 0 unspecified atom stereocenters. The molecule has 3 nitrogen and oxygen atoms in total. The van der Waals surface area contributed by atoms with Crippen molar-refractivity contribution in [2.45, 2.75) is 36.1 Å². The van der Waals surface area contributed by atoms with Gasteiger partial charge in [-0.1, -0.05) is 22.3 Å². The summed E-state index contributed by atoms with van der Waals surface area (Å²) in [6.45, 7) is 2.92. The molecule has 0 aliphatic rings. The van der Waals surface area contributed by atoms with Crippen LogP contribution in [0.4, 0.5) is 0 Å². The van der Waals surface area contributed by atoms with Gasteiger partial charge in [-0.15, -0.1) is 0 Å². The van der Waals surface area contributed by atoms with E-state index in [0.29, 0.717) is 0 Å². The van der Waals surface area contributed by atoms with Gasteiger partial charge in [0, 0.05) is 0 Å². The van der Waals surface area contributed by atoms with Crippen LogP contribution in [-0.2, 0) is 14.3 Å². The molecule has 0 radical (unpaired) electrons. The number of carbonyl (C=O) groups excluding carboxylic acids is 2. The molecule has 12 heavy (non-hydrogen) atoms. The second-order valence-corrected chi connectivity index (χ2v) is 1.90. The Bertz CT molecular complexity index is 105. The Morgan fingerprint density at radius 3 is 1.33 bits per heavy atom. The molecule has 0 bridgehead atoms. The minimum absolute atomic E-state index is 0. The Balaban J connectivity index is -0.000000107. The van der Waals surface area contributed by atoms with E-state index < -0.39 is 0 Å². The van der Waals surface area contributed by atoms with E-state index in [4.69, 9.17) is 0 Å². The van der Waals surface area contributed by atoms with Gasteiger partial charge in [-0.3, -0.25) is 9.59 Å². The highest BCUT2D eigenvalue weighted by atomic mass is 16.5. The van der Waals surface area contributed by atoms with Crippen LogP contribution in [0, 0.1) is 0 Å². The van der Waals surface area contributed by atoms with Crippen molar-refractivity contribution in [1.82, 2.24) is 0 Å². The lowest BCUT2D eigenvalue weighted by Gasteiger charge is -1.94. The van der Waals surface area contributed by atoms with Crippen molar-refractivity contribution in [3.05, 3.63) is 0 Å². The van der Waals surface area contributed by atoms with E-state index in [1.54, 1.807) is 0 Å². The van der Waals surface area contributed by atoms with Gasteiger partial charge >= 0.3 is 0 Å². The summed E-state index contributed by atoms with van der Waals surface area (Å²) in [6, 6.07) is 0. The number of hydrogen-bond acceptors (Lipinski definition) is 3.